The molecule has 0 unspecified atom stereocenters. The van der Waals surface area contributed by atoms with Gasteiger partial charge in [-0.2, -0.15) is 10.5 Å². The predicted molar refractivity (Wildman–Crippen MR) is 381 cm³/mol. The van der Waals surface area contributed by atoms with Crippen molar-refractivity contribution in [1.82, 2.24) is 0 Å². The average Bonchev–Trinajstić information content (AvgIpc) is 0.766. The maximum Gasteiger partial charge on any atom is 0.136 e. The van der Waals surface area contributed by atoms with Gasteiger partial charge in [0, 0.05) is 32.7 Å². The molecule has 2 aliphatic heterocycles. The summed E-state index contributed by atoms with van der Waals surface area (Å²) in [7, 11) is 0. The number of hydrogen-bond acceptors (Lipinski definition) is 4. The number of rotatable bonds is 5. The molecule has 4 heteroatoms. The second-order valence-corrected chi connectivity index (χ2v) is 23.9. The van der Waals surface area contributed by atoms with Gasteiger partial charge in [0.2, 0.25) is 0 Å². The van der Waals surface area contributed by atoms with E-state index < -0.39 is 0 Å². The van der Waals surface area contributed by atoms with Gasteiger partial charge in [0.05, 0.1) is 23.3 Å². The Morgan fingerprint density at radius 2 is 0.554 bits per heavy atom. The number of nitrogens with zero attached hydrogens (tertiary/aromatic N) is 2. The highest BCUT2D eigenvalue weighted by Crippen LogP contribution is 2.51. The van der Waals surface area contributed by atoms with Crippen molar-refractivity contribution in [2.45, 2.75) is 0 Å². The van der Waals surface area contributed by atoms with Gasteiger partial charge in [-0.1, -0.05) is 237 Å². The Bertz CT molecular complexity index is 6070. The number of benzene rings is 17. The molecular formula is C88H50N2O2. The second kappa shape index (κ2) is 21.0. The minimum atomic E-state index is 0.661. The fourth-order valence-corrected chi connectivity index (χ4v) is 14.6. The number of nitriles is 2. The smallest absolute Gasteiger partial charge is 0.136 e. The molecule has 2 aliphatic rings. The fraction of sp³-hybridized carbons (Fsp3) is 0. The van der Waals surface area contributed by atoms with E-state index in [0.29, 0.717) is 11.1 Å². The van der Waals surface area contributed by atoms with E-state index in [4.69, 9.17) is 9.47 Å². The Morgan fingerprint density at radius 3 is 1.02 bits per heavy atom. The van der Waals surface area contributed by atoms with Crippen LogP contribution in [-0.4, -0.2) is 0 Å². The maximum atomic E-state index is 9.66. The number of fused-ring (bicyclic) bond motifs is 14. The van der Waals surface area contributed by atoms with Crippen LogP contribution in [0.4, 0.5) is 0 Å². The van der Waals surface area contributed by atoms with Crippen molar-refractivity contribution in [2.24, 2.45) is 0 Å². The lowest BCUT2D eigenvalue weighted by molar-refractivity contribution is 0.487. The van der Waals surface area contributed by atoms with Crippen molar-refractivity contribution in [3.05, 3.63) is 314 Å². The molecule has 0 saturated carbocycles. The molecule has 0 spiro atoms. The van der Waals surface area contributed by atoms with Gasteiger partial charge in [-0.25, -0.2) is 0 Å². The lowest BCUT2D eigenvalue weighted by atomic mass is 9.87. The van der Waals surface area contributed by atoms with E-state index in [1.54, 1.807) is 0 Å². The molecule has 0 amide bonds. The van der Waals surface area contributed by atoms with E-state index in [9.17, 15) is 10.5 Å². The third kappa shape index (κ3) is 8.36. The molecule has 0 aliphatic carbocycles. The van der Waals surface area contributed by atoms with Crippen molar-refractivity contribution >= 4 is 86.2 Å². The van der Waals surface area contributed by atoms with Crippen molar-refractivity contribution in [1.29, 1.82) is 10.5 Å². The van der Waals surface area contributed by atoms with Crippen LogP contribution in [0, 0.1) is 22.7 Å². The largest absolute Gasteiger partial charge is 0.456 e. The van der Waals surface area contributed by atoms with E-state index in [2.05, 4.69) is 267 Å². The normalized spacial score (nSPS) is 11.8. The highest BCUT2D eigenvalue weighted by Gasteiger charge is 2.25. The molecule has 0 atom stereocenters. The Hall–Kier alpha value is -12.6. The minimum absolute atomic E-state index is 0.661. The Morgan fingerprint density at radius 1 is 0.196 bits per heavy atom. The third-order valence-electron chi connectivity index (χ3n) is 19.0. The Kier molecular flexibility index (Phi) is 12.0. The molecule has 17 aromatic rings. The zero-order valence-electron chi connectivity index (χ0n) is 49.6. The van der Waals surface area contributed by atoms with Gasteiger partial charge in [-0.3, -0.25) is 0 Å². The van der Waals surface area contributed by atoms with Crippen LogP contribution in [0.1, 0.15) is 11.1 Å². The molecule has 0 aromatic heterocycles. The lowest BCUT2D eigenvalue weighted by Crippen LogP contribution is -1.98. The fourth-order valence-electron chi connectivity index (χ4n) is 14.6. The summed E-state index contributed by atoms with van der Waals surface area (Å²) < 4.78 is 12.9. The molecule has 17 aromatic carbocycles. The Balaban J connectivity index is 0.000000137. The van der Waals surface area contributed by atoms with E-state index in [1.165, 1.54) is 98.0 Å². The van der Waals surface area contributed by atoms with Crippen molar-refractivity contribution in [3.63, 3.8) is 0 Å². The first-order chi connectivity index (χ1) is 45.5. The van der Waals surface area contributed by atoms with E-state index in [1.807, 2.05) is 48.5 Å². The summed E-state index contributed by atoms with van der Waals surface area (Å²) in [5.74, 6) is 3.24. The molecular weight excluding hydrogens is 1120 g/mol. The van der Waals surface area contributed by atoms with Crippen molar-refractivity contribution in [2.75, 3.05) is 0 Å². The van der Waals surface area contributed by atoms with Gasteiger partial charge < -0.3 is 9.47 Å². The molecule has 0 fully saturated rings. The summed E-state index contributed by atoms with van der Waals surface area (Å²) in [6.07, 6.45) is 0. The molecule has 0 bridgehead atoms. The first-order valence-electron chi connectivity index (χ1n) is 31.1. The first-order valence-corrected chi connectivity index (χ1v) is 31.1. The van der Waals surface area contributed by atoms with Gasteiger partial charge in [-0.05, 0) is 198 Å². The molecule has 424 valence electrons. The van der Waals surface area contributed by atoms with Crippen LogP contribution in [-0.2, 0) is 0 Å². The zero-order chi connectivity index (χ0) is 61.0. The highest BCUT2D eigenvalue weighted by atomic mass is 16.5. The predicted octanol–water partition coefficient (Wildman–Crippen LogP) is 24.2. The Labute approximate surface area is 530 Å². The van der Waals surface area contributed by atoms with Crippen LogP contribution in [0.5, 0.6) is 23.0 Å². The van der Waals surface area contributed by atoms with Gasteiger partial charge in [-0.15, -0.1) is 0 Å². The first kappa shape index (κ1) is 52.5. The summed E-state index contributed by atoms with van der Waals surface area (Å²) in [5, 5.41) is 38.3. The molecule has 0 N–H and O–H groups in total. The standard InChI is InChI=1S/C47H27NO.C41H23NO/c48-28-33-22-24-45-47-34(33)15-8-16-40(47)39-23-21-32(25-46(39)49-45)29-17-19-31(20-18-29)42-27-44-37-13-6-4-11-35(37)41(30-9-2-1-3-10-30)26-43(44)38-14-7-5-12-36(38)42;42-24-29-18-21-39-41-31(29)10-5-11-36(41)35-20-17-28(22-40(35)43-39)25-12-14-27(15-13-25)37-23-38-30-7-2-1-6-26(30)16-19-34(38)32-8-3-4-9-33(32)37/h1-27H;1-23H. The van der Waals surface area contributed by atoms with Crippen molar-refractivity contribution in [3.8, 4) is 113 Å². The van der Waals surface area contributed by atoms with Crippen LogP contribution >= 0.6 is 0 Å². The zero-order valence-corrected chi connectivity index (χ0v) is 49.6. The van der Waals surface area contributed by atoms with E-state index >= 15 is 0 Å². The van der Waals surface area contributed by atoms with Gasteiger partial charge in [0.15, 0.2) is 0 Å². The number of ether oxygens (including phenoxy) is 2. The highest BCUT2D eigenvalue weighted by molar-refractivity contribution is 6.24. The summed E-state index contributed by atoms with van der Waals surface area (Å²) in [4.78, 5) is 0. The molecule has 19 rings (SSSR count). The van der Waals surface area contributed by atoms with E-state index in [0.717, 1.165) is 89.1 Å². The maximum absolute atomic E-state index is 9.66. The summed E-state index contributed by atoms with van der Waals surface area (Å²) in [6.45, 7) is 0. The van der Waals surface area contributed by atoms with E-state index in [-0.39, 0.29) is 0 Å². The van der Waals surface area contributed by atoms with Crippen molar-refractivity contribution < 1.29 is 9.47 Å². The molecule has 92 heavy (non-hydrogen) atoms. The van der Waals surface area contributed by atoms with Crippen LogP contribution in [0.25, 0.3) is 164 Å². The van der Waals surface area contributed by atoms with Crippen LogP contribution in [0.2, 0.25) is 0 Å². The average molecular weight is 1170 g/mol. The quantitative estimate of drug-likeness (QED) is 0.161. The van der Waals surface area contributed by atoms with Crippen LogP contribution in [0.3, 0.4) is 0 Å². The number of hydrogen-bond donors (Lipinski definition) is 0. The summed E-state index contributed by atoms with van der Waals surface area (Å²) in [6, 6.07) is 112. The second-order valence-electron chi connectivity index (χ2n) is 23.9. The minimum Gasteiger partial charge on any atom is -0.456 e. The SMILES string of the molecule is N#Cc1ccc2c3c(cccc13)-c1ccc(-c3ccc(-c4cc5c6ccccc6c(-c6ccccc6)cc5c5ccccc45)cc3)cc1O2.N#Cc1ccc2c3c(cccc13)-c1ccc(-c3ccc(-c4cc5c6ccccc6ccc5c5ccccc45)cc3)cc1O2. The van der Waals surface area contributed by atoms with Gasteiger partial charge in [0.25, 0.3) is 0 Å². The van der Waals surface area contributed by atoms with Gasteiger partial charge >= 0.3 is 0 Å². The van der Waals surface area contributed by atoms with Gasteiger partial charge in [0.1, 0.15) is 23.0 Å². The molecule has 0 radical (unpaired) electrons. The monoisotopic (exact) mass is 1170 g/mol. The summed E-state index contributed by atoms with van der Waals surface area (Å²) >= 11 is 0. The lowest BCUT2D eigenvalue weighted by Gasteiger charge is -2.22. The molecule has 2 heterocycles. The molecule has 0 saturated heterocycles. The van der Waals surface area contributed by atoms with Crippen LogP contribution < -0.4 is 9.47 Å². The van der Waals surface area contributed by atoms with Crippen LogP contribution in [0.15, 0.2) is 303 Å². The summed E-state index contributed by atoms with van der Waals surface area (Å²) in [5.41, 5.74) is 17.4. The third-order valence-corrected chi connectivity index (χ3v) is 19.0. The topological polar surface area (TPSA) is 66.0 Å². The molecule has 4 nitrogen and oxygen atoms in total.